The Hall–Kier alpha value is -2.54. The van der Waals surface area contributed by atoms with Crippen LogP contribution in [0.2, 0.25) is 0 Å². The Labute approximate surface area is 151 Å². The first-order valence-electron chi connectivity index (χ1n) is 7.25. The molecule has 0 saturated carbocycles. The second kappa shape index (κ2) is 8.53. The molecule has 0 aromatic heterocycles. The van der Waals surface area contributed by atoms with Gasteiger partial charge < -0.3 is 10.1 Å². The van der Waals surface area contributed by atoms with Crippen molar-refractivity contribution in [3.05, 3.63) is 70.2 Å². The van der Waals surface area contributed by atoms with Gasteiger partial charge in [-0.2, -0.15) is 0 Å². The molecule has 1 atom stereocenters. The summed E-state index contributed by atoms with van der Waals surface area (Å²) in [5.41, 5.74) is 0.456. The van der Waals surface area contributed by atoms with Crippen molar-refractivity contribution in [1.29, 1.82) is 0 Å². The number of carbonyl (C=O) groups is 2. The van der Waals surface area contributed by atoms with Crippen LogP contribution in [-0.2, 0) is 14.3 Å². The van der Waals surface area contributed by atoms with Crippen LogP contribution >= 0.6 is 15.9 Å². The fourth-order valence-corrected chi connectivity index (χ4v) is 2.10. The molecule has 0 aliphatic rings. The molecule has 2 aromatic carbocycles. The van der Waals surface area contributed by atoms with Crippen molar-refractivity contribution in [3.63, 3.8) is 0 Å². The first-order valence-corrected chi connectivity index (χ1v) is 8.04. The van der Waals surface area contributed by atoms with Gasteiger partial charge in [0, 0.05) is 16.6 Å². The second-order valence-electron chi connectivity index (χ2n) is 5.08. The van der Waals surface area contributed by atoms with Gasteiger partial charge in [0.1, 0.15) is 11.6 Å². The summed E-state index contributed by atoms with van der Waals surface area (Å²) in [6, 6.07) is 9.87. The van der Waals surface area contributed by atoms with E-state index in [1.54, 1.807) is 12.1 Å². The summed E-state index contributed by atoms with van der Waals surface area (Å²) in [6.07, 6.45) is 1.53. The van der Waals surface area contributed by atoms with Crippen LogP contribution < -0.4 is 5.32 Å². The molecule has 2 aromatic rings. The van der Waals surface area contributed by atoms with E-state index in [4.69, 9.17) is 4.74 Å². The van der Waals surface area contributed by atoms with Crippen molar-refractivity contribution in [1.82, 2.24) is 0 Å². The molecule has 1 amide bonds. The molecule has 7 heteroatoms. The van der Waals surface area contributed by atoms with Gasteiger partial charge in [-0.25, -0.2) is 13.6 Å². The van der Waals surface area contributed by atoms with Crippen LogP contribution in [0.5, 0.6) is 0 Å². The predicted octanol–water partition coefficient (Wildman–Crippen LogP) is 4.31. The third kappa shape index (κ3) is 5.79. The average molecular weight is 410 g/mol. The number of halogens is 3. The Balaban J connectivity index is 1.92. The summed E-state index contributed by atoms with van der Waals surface area (Å²) < 4.78 is 32.4. The number of carbonyl (C=O) groups excluding carboxylic acids is 2. The molecule has 0 radical (unpaired) electrons. The van der Waals surface area contributed by atoms with E-state index in [1.807, 2.05) is 12.1 Å². The lowest BCUT2D eigenvalue weighted by molar-refractivity contribution is -0.148. The number of hydrogen-bond donors (Lipinski definition) is 1. The van der Waals surface area contributed by atoms with Gasteiger partial charge in [0.05, 0.1) is 5.69 Å². The third-order valence-corrected chi connectivity index (χ3v) is 3.66. The number of amides is 1. The smallest absolute Gasteiger partial charge is 0.331 e. The molecule has 0 aliphatic heterocycles. The summed E-state index contributed by atoms with van der Waals surface area (Å²) in [5, 5.41) is 2.18. The fraction of sp³-hybridized carbons (Fsp3) is 0.111. The molecule has 25 heavy (non-hydrogen) atoms. The number of esters is 1. The Kier molecular flexibility index (Phi) is 6.41. The van der Waals surface area contributed by atoms with E-state index in [-0.39, 0.29) is 5.69 Å². The van der Waals surface area contributed by atoms with E-state index in [2.05, 4.69) is 21.2 Å². The van der Waals surface area contributed by atoms with Crippen molar-refractivity contribution < 1.29 is 23.1 Å². The van der Waals surface area contributed by atoms with E-state index in [0.717, 1.165) is 28.2 Å². The maximum atomic E-state index is 13.5. The Morgan fingerprint density at radius 1 is 1.16 bits per heavy atom. The van der Waals surface area contributed by atoms with Gasteiger partial charge in [-0.05, 0) is 42.8 Å². The molecule has 130 valence electrons. The van der Waals surface area contributed by atoms with Gasteiger partial charge in [0.15, 0.2) is 6.10 Å². The van der Waals surface area contributed by atoms with Gasteiger partial charge in [-0.15, -0.1) is 0 Å². The highest BCUT2D eigenvalue weighted by molar-refractivity contribution is 9.10. The number of nitrogens with one attached hydrogen (secondary N) is 1. The minimum absolute atomic E-state index is 0.321. The number of hydrogen-bond acceptors (Lipinski definition) is 3. The molecule has 1 unspecified atom stereocenters. The first kappa shape index (κ1) is 18.8. The fourth-order valence-electron chi connectivity index (χ4n) is 1.83. The zero-order valence-electron chi connectivity index (χ0n) is 13.1. The SMILES string of the molecule is CC(OC(=O)/C=C/c1ccc(Br)cc1)C(=O)Nc1cc(F)ccc1F. The monoisotopic (exact) mass is 409 g/mol. The number of benzene rings is 2. The molecule has 2 rings (SSSR count). The van der Waals surface area contributed by atoms with Gasteiger partial charge in [0.25, 0.3) is 5.91 Å². The van der Waals surface area contributed by atoms with Crippen molar-refractivity contribution in [2.24, 2.45) is 0 Å². The average Bonchev–Trinajstić information content (AvgIpc) is 2.57. The summed E-state index contributed by atoms with van der Waals surface area (Å²) in [5.74, 6) is -2.98. The Bertz CT molecular complexity index is 806. The van der Waals surface area contributed by atoms with Crippen LogP contribution in [0, 0.1) is 11.6 Å². The topological polar surface area (TPSA) is 55.4 Å². The largest absolute Gasteiger partial charge is 0.449 e. The van der Waals surface area contributed by atoms with Crippen LogP contribution in [0.25, 0.3) is 6.08 Å². The van der Waals surface area contributed by atoms with Gasteiger partial charge in [-0.1, -0.05) is 28.1 Å². The van der Waals surface area contributed by atoms with Crippen molar-refractivity contribution >= 4 is 39.6 Å². The Morgan fingerprint density at radius 3 is 2.52 bits per heavy atom. The minimum Gasteiger partial charge on any atom is -0.449 e. The molecule has 0 saturated heterocycles. The third-order valence-electron chi connectivity index (χ3n) is 3.13. The maximum Gasteiger partial charge on any atom is 0.331 e. The lowest BCUT2D eigenvalue weighted by atomic mass is 10.2. The zero-order chi connectivity index (χ0) is 18.4. The van der Waals surface area contributed by atoms with Crippen LogP contribution in [0.4, 0.5) is 14.5 Å². The molecule has 1 N–H and O–H groups in total. The summed E-state index contributed by atoms with van der Waals surface area (Å²) in [7, 11) is 0. The second-order valence-corrected chi connectivity index (χ2v) is 5.99. The molecule has 0 heterocycles. The molecule has 0 aliphatic carbocycles. The lowest BCUT2D eigenvalue weighted by Gasteiger charge is -2.12. The van der Waals surface area contributed by atoms with E-state index in [1.165, 1.54) is 19.1 Å². The molecule has 0 fully saturated rings. The highest BCUT2D eigenvalue weighted by atomic mass is 79.9. The molecular formula is C18H14BrF2NO3. The first-order chi connectivity index (χ1) is 11.8. The molecular weight excluding hydrogens is 396 g/mol. The van der Waals surface area contributed by atoms with Crippen LogP contribution in [0.15, 0.2) is 53.0 Å². The van der Waals surface area contributed by atoms with E-state index in [9.17, 15) is 18.4 Å². The number of anilines is 1. The highest BCUT2D eigenvalue weighted by Gasteiger charge is 2.18. The molecule has 4 nitrogen and oxygen atoms in total. The highest BCUT2D eigenvalue weighted by Crippen LogP contribution is 2.16. The van der Waals surface area contributed by atoms with E-state index in [0.29, 0.717) is 0 Å². The predicted molar refractivity (Wildman–Crippen MR) is 93.7 cm³/mol. The van der Waals surface area contributed by atoms with Crippen LogP contribution in [0.1, 0.15) is 12.5 Å². The summed E-state index contributed by atoms with van der Waals surface area (Å²) >= 11 is 3.30. The molecule has 0 spiro atoms. The van der Waals surface area contributed by atoms with Crippen LogP contribution in [-0.4, -0.2) is 18.0 Å². The zero-order valence-corrected chi connectivity index (χ0v) is 14.7. The van der Waals surface area contributed by atoms with E-state index >= 15 is 0 Å². The quantitative estimate of drug-likeness (QED) is 0.591. The number of rotatable bonds is 5. The minimum atomic E-state index is -1.18. The van der Waals surface area contributed by atoms with Crippen molar-refractivity contribution in [2.75, 3.05) is 5.32 Å². The Morgan fingerprint density at radius 2 is 1.84 bits per heavy atom. The van der Waals surface area contributed by atoms with Crippen LogP contribution in [0.3, 0.4) is 0 Å². The maximum absolute atomic E-state index is 13.5. The van der Waals surface area contributed by atoms with Gasteiger partial charge in [-0.3, -0.25) is 4.79 Å². The standard InChI is InChI=1S/C18H14BrF2NO3/c1-11(18(24)22-16-10-14(20)7-8-15(16)21)25-17(23)9-4-12-2-5-13(19)6-3-12/h2-11H,1H3,(H,22,24)/b9-4+. The lowest BCUT2D eigenvalue weighted by Crippen LogP contribution is -2.29. The summed E-state index contributed by atoms with van der Waals surface area (Å²) in [6.45, 7) is 1.33. The van der Waals surface area contributed by atoms with Gasteiger partial charge in [0.2, 0.25) is 0 Å². The summed E-state index contributed by atoms with van der Waals surface area (Å²) in [4.78, 5) is 23.7. The van der Waals surface area contributed by atoms with E-state index < -0.39 is 29.6 Å². The number of ether oxygens (including phenoxy) is 1. The normalized spacial score (nSPS) is 12.0. The van der Waals surface area contributed by atoms with Gasteiger partial charge >= 0.3 is 5.97 Å². The molecule has 0 bridgehead atoms. The van der Waals surface area contributed by atoms with Crippen molar-refractivity contribution in [3.8, 4) is 0 Å². The van der Waals surface area contributed by atoms with Crippen molar-refractivity contribution in [2.45, 2.75) is 13.0 Å².